The molecule has 0 bridgehead atoms. The van der Waals surface area contributed by atoms with Crippen LogP contribution in [0.25, 0.3) is 0 Å². The second-order valence-electron chi connectivity index (χ2n) is 5.44. The van der Waals surface area contributed by atoms with Crippen molar-refractivity contribution in [2.45, 2.75) is 13.5 Å². The van der Waals surface area contributed by atoms with Crippen LogP contribution in [0.2, 0.25) is 0 Å². The van der Waals surface area contributed by atoms with Gasteiger partial charge in [-0.15, -0.1) is 11.8 Å². The summed E-state index contributed by atoms with van der Waals surface area (Å²) in [4.78, 5) is 11.8. The average Bonchev–Trinajstić information content (AvgIpc) is 2.63. The molecule has 2 aromatic rings. The van der Waals surface area contributed by atoms with Crippen molar-refractivity contribution in [1.29, 1.82) is 0 Å². The summed E-state index contributed by atoms with van der Waals surface area (Å²) in [5, 5.41) is 2.79. The Balaban J connectivity index is 1.59. The first-order valence-corrected chi connectivity index (χ1v) is 9.10. The third-order valence-corrected chi connectivity index (χ3v) is 4.44. The van der Waals surface area contributed by atoms with Gasteiger partial charge in [0.1, 0.15) is 17.3 Å². The lowest BCUT2D eigenvalue weighted by atomic mass is 10.1. The molecule has 0 unspecified atom stereocenters. The number of methoxy groups -OCH3 is 1. The van der Waals surface area contributed by atoms with Gasteiger partial charge in [-0.05, 0) is 48.4 Å². The van der Waals surface area contributed by atoms with E-state index in [9.17, 15) is 9.18 Å². The van der Waals surface area contributed by atoms with Gasteiger partial charge in [0.25, 0.3) is 0 Å². The second kappa shape index (κ2) is 9.93. The van der Waals surface area contributed by atoms with E-state index in [0.717, 1.165) is 17.1 Å². The quantitative estimate of drug-likeness (QED) is 0.692. The maximum atomic E-state index is 13.4. The number of thioether (sulfide) groups is 1. The summed E-state index contributed by atoms with van der Waals surface area (Å²) >= 11 is 1.49. The summed E-state index contributed by atoms with van der Waals surface area (Å²) in [7, 11) is 1.62. The number of carbonyl (C=O) groups excluding carboxylic acids is 1. The van der Waals surface area contributed by atoms with Crippen molar-refractivity contribution >= 4 is 17.7 Å². The van der Waals surface area contributed by atoms with Gasteiger partial charge >= 0.3 is 0 Å². The molecule has 0 aliphatic heterocycles. The summed E-state index contributed by atoms with van der Waals surface area (Å²) in [6, 6.07) is 12.3. The molecule has 4 nitrogen and oxygen atoms in total. The number of nitrogens with one attached hydrogen (secondary N) is 1. The van der Waals surface area contributed by atoms with Gasteiger partial charge in [-0.25, -0.2) is 4.39 Å². The Morgan fingerprint density at radius 3 is 2.56 bits per heavy atom. The number of amides is 1. The molecule has 0 saturated heterocycles. The zero-order valence-corrected chi connectivity index (χ0v) is 15.2. The molecular formula is C19H22FNO3S. The molecule has 25 heavy (non-hydrogen) atoms. The molecule has 2 rings (SSSR count). The third-order valence-electron chi connectivity index (χ3n) is 3.51. The van der Waals surface area contributed by atoms with E-state index in [1.807, 2.05) is 30.3 Å². The summed E-state index contributed by atoms with van der Waals surface area (Å²) in [6.07, 6.45) is 0. The Kier molecular flexibility index (Phi) is 7.60. The van der Waals surface area contributed by atoms with E-state index >= 15 is 0 Å². The van der Waals surface area contributed by atoms with Gasteiger partial charge in [-0.3, -0.25) is 4.79 Å². The number of hydrogen-bond donors (Lipinski definition) is 1. The highest BCUT2D eigenvalue weighted by Gasteiger charge is 2.04. The van der Waals surface area contributed by atoms with Crippen LogP contribution >= 0.6 is 11.8 Å². The van der Waals surface area contributed by atoms with E-state index < -0.39 is 0 Å². The lowest BCUT2D eigenvalue weighted by molar-refractivity contribution is -0.118. The number of aryl methyl sites for hydroxylation is 1. The average molecular weight is 363 g/mol. The fraction of sp³-hybridized carbons (Fsp3) is 0.316. The first kappa shape index (κ1) is 19.1. The molecule has 0 fully saturated rings. The molecule has 0 spiro atoms. The number of ether oxygens (including phenoxy) is 2. The number of rotatable bonds is 9. The third kappa shape index (κ3) is 6.66. The van der Waals surface area contributed by atoms with Gasteiger partial charge in [-0.2, -0.15) is 0 Å². The number of benzene rings is 2. The van der Waals surface area contributed by atoms with Gasteiger partial charge in [0, 0.05) is 12.3 Å². The van der Waals surface area contributed by atoms with Crippen LogP contribution in [0.15, 0.2) is 42.5 Å². The molecule has 0 aromatic heterocycles. The zero-order chi connectivity index (χ0) is 18.1. The van der Waals surface area contributed by atoms with Crippen molar-refractivity contribution < 1.29 is 18.7 Å². The number of hydrogen-bond acceptors (Lipinski definition) is 4. The van der Waals surface area contributed by atoms with Gasteiger partial charge < -0.3 is 14.8 Å². The highest BCUT2D eigenvalue weighted by Crippen LogP contribution is 2.17. The molecular weight excluding hydrogens is 341 g/mol. The topological polar surface area (TPSA) is 47.6 Å². The molecule has 1 amide bonds. The number of carbonyl (C=O) groups is 1. The Labute approximate surface area is 151 Å². The molecule has 0 heterocycles. The van der Waals surface area contributed by atoms with E-state index in [1.165, 1.54) is 17.8 Å². The molecule has 2 aromatic carbocycles. The van der Waals surface area contributed by atoms with Crippen LogP contribution in [0.1, 0.15) is 11.1 Å². The van der Waals surface area contributed by atoms with Crippen molar-refractivity contribution in [3.8, 4) is 11.5 Å². The summed E-state index contributed by atoms with van der Waals surface area (Å²) < 4.78 is 24.1. The van der Waals surface area contributed by atoms with Crippen LogP contribution in [-0.4, -0.2) is 31.1 Å². The summed E-state index contributed by atoms with van der Waals surface area (Å²) in [5.74, 6) is 2.28. The van der Waals surface area contributed by atoms with Crippen LogP contribution in [0.5, 0.6) is 11.5 Å². The van der Waals surface area contributed by atoms with Crippen molar-refractivity contribution in [1.82, 2.24) is 5.32 Å². The van der Waals surface area contributed by atoms with Gasteiger partial charge in [-0.1, -0.05) is 12.1 Å². The van der Waals surface area contributed by atoms with Crippen LogP contribution in [0.3, 0.4) is 0 Å². The largest absolute Gasteiger partial charge is 0.497 e. The van der Waals surface area contributed by atoms with Crippen LogP contribution < -0.4 is 14.8 Å². The van der Waals surface area contributed by atoms with Crippen molar-refractivity contribution in [3.05, 3.63) is 59.4 Å². The van der Waals surface area contributed by atoms with E-state index in [4.69, 9.17) is 9.47 Å². The summed E-state index contributed by atoms with van der Waals surface area (Å²) in [5.41, 5.74) is 1.35. The maximum Gasteiger partial charge on any atom is 0.230 e. The lowest BCUT2D eigenvalue weighted by Crippen LogP contribution is -2.25. The van der Waals surface area contributed by atoms with E-state index in [-0.39, 0.29) is 11.7 Å². The van der Waals surface area contributed by atoms with Crippen LogP contribution in [0, 0.1) is 12.7 Å². The summed E-state index contributed by atoms with van der Waals surface area (Å²) in [6.45, 7) is 2.56. The Bertz CT molecular complexity index is 692. The van der Waals surface area contributed by atoms with E-state index in [2.05, 4.69) is 5.32 Å². The molecule has 0 radical (unpaired) electrons. The van der Waals surface area contributed by atoms with Gasteiger partial charge in [0.05, 0.1) is 19.5 Å². The smallest absolute Gasteiger partial charge is 0.230 e. The monoisotopic (exact) mass is 363 g/mol. The highest BCUT2D eigenvalue weighted by molar-refractivity contribution is 7.99. The predicted octanol–water partition coefficient (Wildman–Crippen LogP) is 3.57. The van der Waals surface area contributed by atoms with Crippen molar-refractivity contribution in [2.24, 2.45) is 0 Å². The standard InChI is InChI=1S/C19H22FNO3S/c1-14-3-4-15(11-18(14)20)12-21-19(22)13-25-10-9-24-17-7-5-16(23-2)6-8-17/h3-8,11H,9-10,12-13H2,1-2H3,(H,21,22). The van der Waals surface area contributed by atoms with Crippen LogP contribution in [0.4, 0.5) is 4.39 Å². The molecule has 0 aliphatic carbocycles. The molecule has 0 aliphatic rings. The van der Waals surface area contributed by atoms with Crippen molar-refractivity contribution in [3.63, 3.8) is 0 Å². The minimum Gasteiger partial charge on any atom is -0.497 e. The second-order valence-corrected chi connectivity index (χ2v) is 6.54. The Morgan fingerprint density at radius 1 is 1.16 bits per heavy atom. The Hall–Kier alpha value is -2.21. The zero-order valence-electron chi connectivity index (χ0n) is 14.4. The molecule has 134 valence electrons. The minimum atomic E-state index is -0.253. The first-order valence-electron chi connectivity index (χ1n) is 7.95. The van der Waals surface area contributed by atoms with Crippen molar-refractivity contribution in [2.75, 3.05) is 25.2 Å². The maximum absolute atomic E-state index is 13.4. The molecule has 6 heteroatoms. The highest BCUT2D eigenvalue weighted by atomic mass is 32.2. The SMILES string of the molecule is COc1ccc(OCCSCC(=O)NCc2ccc(C)c(F)c2)cc1. The lowest BCUT2D eigenvalue weighted by Gasteiger charge is -2.08. The predicted molar refractivity (Wildman–Crippen MR) is 98.8 cm³/mol. The normalized spacial score (nSPS) is 10.4. The van der Waals surface area contributed by atoms with Crippen LogP contribution in [-0.2, 0) is 11.3 Å². The van der Waals surface area contributed by atoms with Gasteiger partial charge in [0.15, 0.2) is 0 Å². The number of halogens is 1. The molecule has 1 N–H and O–H groups in total. The van der Waals surface area contributed by atoms with Gasteiger partial charge in [0.2, 0.25) is 5.91 Å². The van der Waals surface area contributed by atoms with E-state index in [0.29, 0.717) is 30.2 Å². The first-order chi connectivity index (χ1) is 12.1. The molecule has 0 atom stereocenters. The molecule has 0 saturated carbocycles. The fourth-order valence-electron chi connectivity index (χ4n) is 2.05. The Morgan fingerprint density at radius 2 is 1.88 bits per heavy atom. The fourth-order valence-corrected chi connectivity index (χ4v) is 2.69. The minimum absolute atomic E-state index is 0.0737. The van der Waals surface area contributed by atoms with E-state index in [1.54, 1.807) is 20.1 Å².